The molecule has 0 heterocycles. The first kappa shape index (κ1) is 13.8. The van der Waals surface area contributed by atoms with Crippen molar-refractivity contribution in [3.63, 3.8) is 0 Å². The van der Waals surface area contributed by atoms with Crippen molar-refractivity contribution in [2.45, 2.75) is 53.0 Å². The normalized spacial score (nSPS) is 11.8. The van der Waals surface area contributed by atoms with E-state index in [0.29, 0.717) is 0 Å². The zero-order valence-electron chi connectivity index (χ0n) is 11.4. The predicted octanol–water partition coefficient (Wildman–Crippen LogP) is 3.07. The summed E-state index contributed by atoms with van der Waals surface area (Å²) in [4.78, 5) is 0. The zero-order valence-corrected chi connectivity index (χ0v) is 11.4. The zero-order chi connectivity index (χ0) is 12.8. The first-order valence-corrected chi connectivity index (χ1v) is 6.54. The molecule has 0 aromatic heterocycles. The highest BCUT2D eigenvalue weighted by molar-refractivity contribution is 5.50. The van der Waals surface area contributed by atoms with Gasteiger partial charge in [-0.05, 0) is 42.9 Å². The van der Waals surface area contributed by atoms with Gasteiger partial charge in [0, 0.05) is 5.56 Å². The average Bonchev–Trinajstić information content (AvgIpc) is 2.34. The summed E-state index contributed by atoms with van der Waals surface area (Å²) in [7, 11) is 0. The predicted molar refractivity (Wildman–Crippen MR) is 75.1 cm³/mol. The molecule has 0 radical (unpaired) electrons. The lowest BCUT2D eigenvalue weighted by Gasteiger charge is -2.11. The minimum atomic E-state index is -0.0599. The van der Waals surface area contributed by atoms with Crippen LogP contribution in [0.25, 0.3) is 0 Å². The lowest BCUT2D eigenvalue weighted by atomic mass is 9.94. The lowest BCUT2D eigenvalue weighted by molar-refractivity contribution is 0.958. The Bertz CT molecular complexity index is 408. The number of aryl methyl sites for hydroxylation is 3. The third-order valence-electron chi connectivity index (χ3n) is 2.96. The maximum atomic E-state index is 5.71. The second-order valence-corrected chi connectivity index (χ2v) is 4.41. The lowest BCUT2D eigenvalue weighted by Crippen LogP contribution is -2.11. The molecule has 0 fully saturated rings. The van der Waals surface area contributed by atoms with E-state index in [1.807, 2.05) is 6.92 Å². The van der Waals surface area contributed by atoms with Gasteiger partial charge in [-0.3, -0.25) is 0 Å². The Hall–Kier alpha value is -1.26. The Morgan fingerprint density at radius 1 is 1.06 bits per heavy atom. The number of hydrogen-bond acceptors (Lipinski definition) is 1. The molecule has 1 rings (SSSR count). The van der Waals surface area contributed by atoms with Crippen molar-refractivity contribution in [3.05, 3.63) is 34.4 Å². The monoisotopic (exact) mass is 229 g/mol. The van der Waals surface area contributed by atoms with Gasteiger partial charge in [-0.15, -0.1) is 0 Å². The van der Waals surface area contributed by atoms with Crippen molar-refractivity contribution in [1.82, 2.24) is 0 Å². The van der Waals surface area contributed by atoms with Gasteiger partial charge >= 0.3 is 0 Å². The van der Waals surface area contributed by atoms with Crippen LogP contribution in [0.1, 0.15) is 49.9 Å². The molecular weight excluding hydrogens is 206 g/mol. The molecule has 0 aliphatic carbocycles. The fraction of sp³-hybridized carbons (Fsp3) is 0.500. The third kappa shape index (κ3) is 3.61. The maximum absolute atomic E-state index is 5.71. The van der Waals surface area contributed by atoms with Gasteiger partial charge in [0.15, 0.2) is 0 Å². The van der Waals surface area contributed by atoms with Crippen molar-refractivity contribution >= 4 is 0 Å². The van der Waals surface area contributed by atoms with E-state index in [9.17, 15) is 0 Å². The highest BCUT2D eigenvalue weighted by Crippen LogP contribution is 2.19. The van der Waals surface area contributed by atoms with Crippen LogP contribution in [0, 0.1) is 11.8 Å². The van der Waals surface area contributed by atoms with Crippen molar-refractivity contribution in [1.29, 1.82) is 0 Å². The summed E-state index contributed by atoms with van der Waals surface area (Å²) in [5.74, 6) is 6.34. The number of nitrogens with two attached hydrogens (primary N) is 1. The minimum absolute atomic E-state index is 0.0599. The smallest absolute Gasteiger partial charge is 0.0639 e. The van der Waals surface area contributed by atoms with E-state index in [-0.39, 0.29) is 6.04 Å². The highest BCUT2D eigenvalue weighted by atomic mass is 14.6. The topological polar surface area (TPSA) is 26.0 Å². The van der Waals surface area contributed by atoms with Gasteiger partial charge in [0.1, 0.15) is 0 Å². The van der Waals surface area contributed by atoms with Gasteiger partial charge in [-0.1, -0.05) is 44.7 Å². The van der Waals surface area contributed by atoms with Crippen LogP contribution in [0.3, 0.4) is 0 Å². The fourth-order valence-electron chi connectivity index (χ4n) is 1.95. The number of benzene rings is 1. The molecule has 17 heavy (non-hydrogen) atoms. The average molecular weight is 229 g/mol. The molecule has 0 bridgehead atoms. The molecule has 1 heteroatoms. The van der Waals surface area contributed by atoms with E-state index in [4.69, 9.17) is 5.73 Å². The fourth-order valence-corrected chi connectivity index (χ4v) is 1.95. The van der Waals surface area contributed by atoms with Crippen molar-refractivity contribution in [3.8, 4) is 11.8 Å². The first-order chi connectivity index (χ1) is 8.12. The summed E-state index contributed by atoms with van der Waals surface area (Å²) >= 11 is 0. The van der Waals surface area contributed by atoms with Gasteiger partial charge in [-0.25, -0.2) is 0 Å². The number of hydrogen-bond donors (Lipinski definition) is 1. The second-order valence-electron chi connectivity index (χ2n) is 4.41. The molecule has 92 valence electrons. The Morgan fingerprint density at radius 3 is 1.94 bits per heavy atom. The molecule has 0 saturated heterocycles. The van der Waals surface area contributed by atoms with E-state index in [2.05, 4.69) is 44.7 Å². The quantitative estimate of drug-likeness (QED) is 0.792. The molecule has 1 aromatic carbocycles. The van der Waals surface area contributed by atoms with Crippen LogP contribution in [-0.2, 0) is 19.3 Å². The van der Waals surface area contributed by atoms with Crippen LogP contribution in [-0.4, -0.2) is 6.04 Å². The molecule has 0 amide bonds. The van der Waals surface area contributed by atoms with E-state index in [1.165, 1.54) is 22.3 Å². The second kappa shape index (κ2) is 6.47. The minimum Gasteiger partial charge on any atom is -0.318 e. The SMILES string of the molecule is CCc1cc(CC)c(C#CC(C)N)c(CC)c1. The molecule has 0 aliphatic heterocycles. The molecule has 1 aromatic rings. The van der Waals surface area contributed by atoms with Gasteiger partial charge in [-0.2, -0.15) is 0 Å². The molecule has 1 nitrogen and oxygen atoms in total. The summed E-state index contributed by atoms with van der Waals surface area (Å²) in [5.41, 5.74) is 11.0. The van der Waals surface area contributed by atoms with Gasteiger partial charge in [0.05, 0.1) is 6.04 Å². The van der Waals surface area contributed by atoms with Crippen LogP contribution in [0.5, 0.6) is 0 Å². The van der Waals surface area contributed by atoms with Crippen molar-refractivity contribution in [2.75, 3.05) is 0 Å². The molecule has 1 unspecified atom stereocenters. The summed E-state index contributed by atoms with van der Waals surface area (Å²) in [6, 6.07) is 4.50. The summed E-state index contributed by atoms with van der Waals surface area (Å²) in [5, 5.41) is 0. The van der Waals surface area contributed by atoms with E-state index in [1.54, 1.807) is 0 Å². The maximum Gasteiger partial charge on any atom is 0.0639 e. The molecule has 0 aliphatic rings. The molecule has 0 saturated carbocycles. The van der Waals surface area contributed by atoms with Gasteiger partial charge < -0.3 is 5.73 Å². The van der Waals surface area contributed by atoms with E-state index < -0.39 is 0 Å². The summed E-state index contributed by atoms with van der Waals surface area (Å²) in [6.45, 7) is 8.49. The van der Waals surface area contributed by atoms with Gasteiger partial charge in [0.2, 0.25) is 0 Å². The molecule has 1 atom stereocenters. The molecule has 0 spiro atoms. The third-order valence-corrected chi connectivity index (χ3v) is 2.96. The molecule has 2 N–H and O–H groups in total. The number of rotatable bonds is 3. The van der Waals surface area contributed by atoms with E-state index >= 15 is 0 Å². The van der Waals surface area contributed by atoms with Crippen molar-refractivity contribution in [2.24, 2.45) is 5.73 Å². The first-order valence-electron chi connectivity index (χ1n) is 6.54. The Kier molecular flexibility index (Phi) is 5.25. The van der Waals surface area contributed by atoms with Crippen molar-refractivity contribution < 1.29 is 0 Å². The van der Waals surface area contributed by atoms with Crippen LogP contribution in [0.15, 0.2) is 12.1 Å². The van der Waals surface area contributed by atoms with Crippen LogP contribution < -0.4 is 5.73 Å². The van der Waals surface area contributed by atoms with Crippen LogP contribution in [0.2, 0.25) is 0 Å². The van der Waals surface area contributed by atoms with Crippen LogP contribution in [0.4, 0.5) is 0 Å². The summed E-state index contributed by atoms with van der Waals surface area (Å²) < 4.78 is 0. The van der Waals surface area contributed by atoms with Crippen LogP contribution >= 0.6 is 0 Å². The largest absolute Gasteiger partial charge is 0.318 e. The Morgan fingerprint density at radius 2 is 1.59 bits per heavy atom. The molecular formula is C16H23N. The Labute approximate surface area is 105 Å². The summed E-state index contributed by atoms with van der Waals surface area (Å²) in [6.07, 6.45) is 3.15. The highest BCUT2D eigenvalue weighted by Gasteiger charge is 2.06. The van der Waals surface area contributed by atoms with E-state index in [0.717, 1.165) is 19.3 Å². The van der Waals surface area contributed by atoms with Gasteiger partial charge in [0.25, 0.3) is 0 Å². The Balaban J connectivity index is 3.31. The standard InChI is InChI=1S/C16H23N/c1-5-13-10-14(6-2)16(9-8-12(4)17)15(7-3)11-13/h10-12H,5-7,17H2,1-4H3.